The quantitative estimate of drug-likeness (QED) is 0.409. The first-order valence-electron chi connectivity index (χ1n) is 8.37. The zero-order chi connectivity index (χ0) is 17.7. The Morgan fingerprint density at radius 3 is 2.69 bits per heavy atom. The smallest absolute Gasteiger partial charge is 0.344 e. The van der Waals surface area contributed by atoms with Crippen molar-refractivity contribution in [2.75, 3.05) is 6.79 Å². The molecule has 3 aromatic rings. The third kappa shape index (κ3) is 2.60. The van der Waals surface area contributed by atoms with Gasteiger partial charge < -0.3 is 18.6 Å². The summed E-state index contributed by atoms with van der Waals surface area (Å²) in [5, 5.41) is 0.739. The van der Waals surface area contributed by atoms with Crippen LogP contribution in [-0.2, 0) is 4.79 Å². The van der Waals surface area contributed by atoms with E-state index < -0.39 is 5.63 Å². The fourth-order valence-corrected chi connectivity index (χ4v) is 2.94. The van der Waals surface area contributed by atoms with Crippen LogP contribution in [0.3, 0.4) is 0 Å². The predicted octanol–water partition coefficient (Wildman–Crippen LogP) is 3.50. The lowest BCUT2D eigenvalue weighted by molar-refractivity contribution is -0.135. The molecule has 2 aromatic carbocycles. The van der Waals surface area contributed by atoms with E-state index in [1.165, 1.54) is 0 Å². The fraction of sp³-hybridized carbons (Fsp3) is 0.200. The molecule has 0 bridgehead atoms. The van der Waals surface area contributed by atoms with Gasteiger partial charge in [-0.2, -0.15) is 0 Å². The normalized spacial score (nSPS) is 15.2. The van der Waals surface area contributed by atoms with Crippen LogP contribution in [0.2, 0.25) is 0 Å². The Morgan fingerprint density at radius 2 is 1.85 bits per heavy atom. The lowest BCUT2D eigenvalue weighted by Gasteiger charge is -2.06. The highest BCUT2D eigenvalue weighted by Crippen LogP contribution is 2.36. The van der Waals surface area contributed by atoms with Gasteiger partial charge >= 0.3 is 11.6 Å². The number of benzene rings is 2. The van der Waals surface area contributed by atoms with Crippen molar-refractivity contribution in [3.05, 3.63) is 52.9 Å². The maximum absolute atomic E-state index is 12.4. The topological polar surface area (TPSA) is 75.0 Å². The van der Waals surface area contributed by atoms with Gasteiger partial charge in [-0.15, -0.1) is 0 Å². The number of hydrogen-bond acceptors (Lipinski definition) is 6. The maximum Gasteiger partial charge on any atom is 0.344 e. The summed E-state index contributed by atoms with van der Waals surface area (Å²) in [6.45, 7) is 0.174. The van der Waals surface area contributed by atoms with Gasteiger partial charge in [0.15, 0.2) is 11.5 Å². The molecule has 2 heterocycles. The molecule has 1 aliphatic carbocycles. The number of rotatable bonds is 3. The lowest BCUT2D eigenvalue weighted by atomic mass is 10.1. The van der Waals surface area contributed by atoms with Gasteiger partial charge in [-0.3, -0.25) is 4.79 Å². The summed E-state index contributed by atoms with van der Waals surface area (Å²) in [6.07, 6.45) is 1.75. The molecule has 0 spiro atoms. The minimum atomic E-state index is -0.470. The van der Waals surface area contributed by atoms with Gasteiger partial charge in [-0.05, 0) is 48.7 Å². The molecule has 2 aliphatic rings. The second-order valence-electron chi connectivity index (χ2n) is 6.41. The second-order valence-corrected chi connectivity index (χ2v) is 6.41. The molecule has 26 heavy (non-hydrogen) atoms. The molecule has 6 nitrogen and oxygen atoms in total. The van der Waals surface area contributed by atoms with Gasteiger partial charge in [0.25, 0.3) is 0 Å². The standard InChI is InChI=1S/C20H14O6/c21-19(11-1-2-11)25-14-5-3-13-7-15(20(22)26-17(13)9-14)12-4-6-16-18(8-12)24-10-23-16/h3-9,11H,1-2,10H2. The number of esters is 1. The third-order valence-electron chi connectivity index (χ3n) is 4.52. The molecule has 0 radical (unpaired) electrons. The molecule has 1 saturated carbocycles. The monoisotopic (exact) mass is 350 g/mol. The number of carbonyl (C=O) groups excluding carboxylic acids is 1. The van der Waals surface area contributed by atoms with Gasteiger partial charge in [0.2, 0.25) is 6.79 Å². The van der Waals surface area contributed by atoms with Gasteiger partial charge in [0.05, 0.1) is 11.5 Å². The van der Waals surface area contributed by atoms with Crippen molar-refractivity contribution in [2.24, 2.45) is 5.92 Å². The van der Waals surface area contributed by atoms with Crippen molar-refractivity contribution < 1.29 is 23.4 Å². The first-order chi connectivity index (χ1) is 12.7. The van der Waals surface area contributed by atoms with Crippen LogP contribution in [0.15, 0.2) is 51.7 Å². The first-order valence-corrected chi connectivity index (χ1v) is 8.37. The summed E-state index contributed by atoms with van der Waals surface area (Å²) in [5.74, 6) is 1.41. The Bertz CT molecular complexity index is 1090. The molecule has 1 aromatic heterocycles. The van der Waals surface area contributed by atoms with Gasteiger partial charge in [-0.25, -0.2) is 4.79 Å². The maximum atomic E-state index is 12.4. The van der Waals surface area contributed by atoms with Crippen LogP contribution in [0.1, 0.15) is 12.8 Å². The molecule has 0 atom stereocenters. The zero-order valence-electron chi connectivity index (χ0n) is 13.7. The summed E-state index contributed by atoms with van der Waals surface area (Å²) in [5.41, 5.74) is 1.02. The fourth-order valence-electron chi connectivity index (χ4n) is 2.94. The Labute approximate surface area is 147 Å². The summed E-state index contributed by atoms with van der Waals surface area (Å²) in [7, 11) is 0. The Hall–Kier alpha value is -3.28. The van der Waals surface area contributed by atoms with Crippen LogP contribution in [0.25, 0.3) is 22.1 Å². The van der Waals surface area contributed by atoms with Crippen molar-refractivity contribution in [3.63, 3.8) is 0 Å². The van der Waals surface area contributed by atoms with E-state index in [2.05, 4.69) is 0 Å². The van der Waals surface area contributed by atoms with E-state index in [1.54, 1.807) is 42.5 Å². The summed E-state index contributed by atoms with van der Waals surface area (Å²) in [4.78, 5) is 24.2. The average Bonchev–Trinajstić information content (AvgIpc) is 3.39. The molecule has 0 amide bonds. The van der Waals surface area contributed by atoms with Crippen LogP contribution in [0.4, 0.5) is 0 Å². The molecule has 130 valence electrons. The molecular formula is C20H14O6. The SMILES string of the molecule is O=C(Oc1ccc2cc(-c3ccc4c(c3)OCO4)c(=O)oc2c1)C1CC1. The molecule has 0 unspecified atom stereocenters. The number of hydrogen-bond donors (Lipinski definition) is 0. The Morgan fingerprint density at radius 1 is 1.00 bits per heavy atom. The van der Waals surface area contributed by atoms with Crippen molar-refractivity contribution >= 4 is 16.9 Å². The first kappa shape index (κ1) is 15.0. The van der Waals surface area contributed by atoms with E-state index in [9.17, 15) is 9.59 Å². The third-order valence-corrected chi connectivity index (χ3v) is 4.52. The van der Waals surface area contributed by atoms with E-state index in [0.29, 0.717) is 34.0 Å². The highest BCUT2D eigenvalue weighted by atomic mass is 16.7. The van der Waals surface area contributed by atoms with Crippen molar-refractivity contribution in [3.8, 4) is 28.4 Å². The van der Waals surface area contributed by atoms with Crippen LogP contribution in [-0.4, -0.2) is 12.8 Å². The van der Waals surface area contributed by atoms with E-state index in [-0.39, 0.29) is 18.7 Å². The molecule has 5 rings (SSSR count). The molecule has 0 N–H and O–H groups in total. The Kier molecular flexibility index (Phi) is 3.25. The number of carbonyl (C=O) groups is 1. The van der Waals surface area contributed by atoms with Crippen molar-refractivity contribution in [2.45, 2.75) is 12.8 Å². The highest BCUT2D eigenvalue weighted by molar-refractivity contribution is 5.84. The van der Waals surface area contributed by atoms with Crippen LogP contribution >= 0.6 is 0 Å². The average molecular weight is 350 g/mol. The largest absolute Gasteiger partial charge is 0.454 e. The van der Waals surface area contributed by atoms with E-state index in [0.717, 1.165) is 18.2 Å². The Balaban J connectivity index is 1.52. The molecule has 1 aliphatic heterocycles. The van der Waals surface area contributed by atoms with E-state index in [4.69, 9.17) is 18.6 Å². The molecule has 6 heteroatoms. The van der Waals surface area contributed by atoms with Crippen LogP contribution in [0.5, 0.6) is 17.2 Å². The minimum absolute atomic E-state index is 0.00564. The summed E-state index contributed by atoms with van der Waals surface area (Å²) >= 11 is 0. The summed E-state index contributed by atoms with van der Waals surface area (Å²) in [6, 6.07) is 12.1. The summed E-state index contributed by atoms with van der Waals surface area (Å²) < 4.78 is 21.4. The molecular weight excluding hydrogens is 336 g/mol. The number of ether oxygens (including phenoxy) is 3. The second kappa shape index (κ2) is 5.62. The van der Waals surface area contributed by atoms with Gasteiger partial charge in [0.1, 0.15) is 11.3 Å². The van der Waals surface area contributed by atoms with E-state index >= 15 is 0 Å². The molecule has 0 saturated heterocycles. The van der Waals surface area contributed by atoms with Crippen LogP contribution < -0.4 is 19.8 Å². The van der Waals surface area contributed by atoms with Crippen LogP contribution in [0, 0.1) is 5.92 Å². The van der Waals surface area contributed by atoms with Crippen molar-refractivity contribution in [1.29, 1.82) is 0 Å². The minimum Gasteiger partial charge on any atom is -0.454 e. The van der Waals surface area contributed by atoms with Gasteiger partial charge in [0, 0.05) is 11.5 Å². The van der Waals surface area contributed by atoms with Crippen molar-refractivity contribution in [1.82, 2.24) is 0 Å². The molecule has 1 fully saturated rings. The van der Waals surface area contributed by atoms with Gasteiger partial charge in [-0.1, -0.05) is 6.07 Å². The predicted molar refractivity (Wildman–Crippen MR) is 92.4 cm³/mol. The highest BCUT2D eigenvalue weighted by Gasteiger charge is 2.31. The zero-order valence-corrected chi connectivity index (χ0v) is 13.7. The van der Waals surface area contributed by atoms with E-state index in [1.807, 2.05) is 0 Å². The number of fused-ring (bicyclic) bond motifs is 2. The lowest BCUT2D eigenvalue weighted by Crippen LogP contribution is -2.09.